The van der Waals surface area contributed by atoms with E-state index in [-0.39, 0.29) is 36.2 Å². The Kier molecular flexibility index (Phi) is 4.54. The summed E-state index contributed by atoms with van der Waals surface area (Å²) in [4.78, 5) is 50.2. The molecule has 1 amide bonds. The molecule has 8 heteroatoms. The summed E-state index contributed by atoms with van der Waals surface area (Å²) in [7, 11) is 0. The molecule has 8 nitrogen and oxygen atoms in total. The zero-order valence-electron chi connectivity index (χ0n) is 15.9. The number of likely N-dealkylation sites (N-methyl/N-ethyl adjacent to an activating group) is 1. The lowest BCUT2D eigenvalue weighted by molar-refractivity contribution is -0.121. The van der Waals surface area contributed by atoms with E-state index in [1.54, 1.807) is 35.2 Å². The van der Waals surface area contributed by atoms with Crippen molar-refractivity contribution in [2.45, 2.75) is 20.4 Å². The van der Waals surface area contributed by atoms with Crippen LogP contribution in [-0.4, -0.2) is 35.2 Å². The Morgan fingerprint density at radius 1 is 1.07 bits per heavy atom. The highest BCUT2D eigenvalue weighted by Crippen LogP contribution is 2.33. The molecule has 0 N–H and O–H groups in total. The van der Waals surface area contributed by atoms with E-state index in [0.29, 0.717) is 34.6 Å². The lowest BCUT2D eigenvalue weighted by atomic mass is 10.1. The molecule has 148 valence electrons. The Hall–Kier alpha value is -3.68. The van der Waals surface area contributed by atoms with E-state index in [9.17, 15) is 19.2 Å². The van der Waals surface area contributed by atoms with E-state index in [1.165, 1.54) is 17.6 Å². The van der Waals surface area contributed by atoms with Gasteiger partial charge in [-0.2, -0.15) is 0 Å². The SMILES string of the molecule is CCN1C(=O)COc2ccc(C(=O)Cn3c(=O)oc4cc(C(C)=O)ccc43)cc21. The first-order chi connectivity index (χ1) is 13.9. The van der Waals surface area contributed by atoms with Crippen molar-refractivity contribution in [2.24, 2.45) is 0 Å². The number of hydrogen-bond acceptors (Lipinski definition) is 6. The van der Waals surface area contributed by atoms with Gasteiger partial charge in [0.25, 0.3) is 5.91 Å². The van der Waals surface area contributed by atoms with Crippen molar-refractivity contribution in [2.75, 3.05) is 18.1 Å². The van der Waals surface area contributed by atoms with E-state index in [0.717, 1.165) is 0 Å². The summed E-state index contributed by atoms with van der Waals surface area (Å²) >= 11 is 0. The number of ketones is 2. The number of rotatable bonds is 5. The number of nitrogens with zero attached hydrogens (tertiary/aromatic N) is 2. The first-order valence-electron chi connectivity index (χ1n) is 9.13. The standard InChI is InChI=1S/C21H18N2O6/c1-3-22-16-8-14(5-7-18(16)28-11-20(22)26)17(25)10-23-15-6-4-13(12(2)24)9-19(15)29-21(23)27/h4-9H,3,10-11H2,1-2H3. The lowest BCUT2D eigenvalue weighted by Crippen LogP contribution is -2.38. The molecular formula is C21H18N2O6. The van der Waals surface area contributed by atoms with Gasteiger partial charge in [0.05, 0.1) is 17.7 Å². The topological polar surface area (TPSA) is 98.8 Å². The molecule has 29 heavy (non-hydrogen) atoms. The number of carbonyl (C=O) groups excluding carboxylic acids is 3. The van der Waals surface area contributed by atoms with E-state index in [1.807, 2.05) is 6.92 Å². The normalized spacial score (nSPS) is 13.3. The Labute approximate surface area is 165 Å². The minimum absolute atomic E-state index is 0.0349. The summed E-state index contributed by atoms with van der Waals surface area (Å²) in [5.41, 5.74) is 1.98. The van der Waals surface area contributed by atoms with Crippen LogP contribution in [0.25, 0.3) is 11.1 Å². The summed E-state index contributed by atoms with van der Waals surface area (Å²) in [6, 6.07) is 9.50. The number of fused-ring (bicyclic) bond motifs is 2. The van der Waals surface area contributed by atoms with Crippen LogP contribution in [-0.2, 0) is 11.3 Å². The molecule has 1 aliphatic rings. The van der Waals surface area contributed by atoms with Crippen LogP contribution < -0.4 is 15.4 Å². The molecule has 0 saturated heterocycles. The van der Waals surface area contributed by atoms with E-state index in [2.05, 4.69) is 0 Å². The lowest BCUT2D eigenvalue weighted by Gasteiger charge is -2.28. The first kappa shape index (κ1) is 18.7. The fraction of sp³-hybridized carbons (Fsp3) is 0.238. The van der Waals surface area contributed by atoms with Crippen LogP contribution >= 0.6 is 0 Å². The summed E-state index contributed by atoms with van der Waals surface area (Å²) in [6.07, 6.45) is 0. The van der Waals surface area contributed by atoms with Gasteiger partial charge in [-0.15, -0.1) is 0 Å². The second-order valence-corrected chi connectivity index (χ2v) is 6.73. The fourth-order valence-electron chi connectivity index (χ4n) is 3.39. The van der Waals surface area contributed by atoms with Gasteiger partial charge >= 0.3 is 5.76 Å². The van der Waals surface area contributed by atoms with Crippen LogP contribution in [0.2, 0.25) is 0 Å². The number of carbonyl (C=O) groups is 3. The van der Waals surface area contributed by atoms with Gasteiger partial charge < -0.3 is 14.1 Å². The van der Waals surface area contributed by atoms with Crippen LogP contribution in [0.5, 0.6) is 5.75 Å². The Bertz CT molecular complexity index is 1220. The highest BCUT2D eigenvalue weighted by atomic mass is 16.5. The van der Waals surface area contributed by atoms with Crippen molar-refractivity contribution in [1.82, 2.24) is 4.57 Å². The molecule has 2 aromatic carbocycles. The predicted octanol–water partition coefficient (Wildman–Crippen LogP) is 2.43. The van der Waals surface area contributed by atoms with E-state index >= 15 is 0 Å². The maximum Gasteiger partial charge on any atom is 0.420 e. The zero-order valence-corrected chi connectivity index (χ0v) is 15.9. The maximum atomic E-state index is 12.8. The van der Waals surface area contributed by atoms with Crippen LogP contribution in [0, 0.1) is 0 Å². The third-order valence-corrected chi connectivity index (χ3v) is 4.92. The Morgan fingerprint density at radius 2 is 1.83 bits per heavy atom. The van der Waals surface area contributed by atoms with Gasteiger partial charge in [0, 0.05) is 17.7 Å². The number of Topliss-reactive ketones (excluding diaryl/α,β-unsaturated/α-hetero) is 2. The zero-order chi connectivity index (χ0) is 20.7. The van der Waals surface area contributed by atoms with Crippen molar-refractivity contribution in [3.05, 3.63) is 58.1 Å². The molecule has 3 aromatic rings. The largest absolute Gasteiger partial charge is 0.482 e. The molecule has 4 rings (SSSR count). The third-order valence-electron chi connectivity index (χ3n) is 4.92. The molecule has 0 bridgehead atoms. The third kappa shape index (κ3) is 3.22. The van der Waals surface area contributed by atoms with Crippen LogP contribution in [0.15, 0.2) is 45.6 Å². The molecule has 0 unspecified atom stereocenters. The number of oxazole rings is 1. The second kappa shape index (κ2) is 7.05. The van der Waals surface area contributed by atoms with E-state index < -0.39 is 5.76 Å². The highest BCUT2D eigenvalue weighted by Gasteiger charge is 2.25. The maximum absolute atomic E-state index is 12.8. The molecule has 0 fully saturated rings. The summed E-state index contributed by atoms with van der Waals surface area (Å²) in [5, 5.41) is 0. The fourth-order valence-corrected chi connectivity index (χ4v) is 3.39. The van der Waals surface area contributed by atoms with Gasteiger partial charge in [0.15, 0.2) is 23.8 Å². The summed E-state index contributed by atoms with van der Waals surface area (Å²) in [5.74, 6) is -0.790. The average Bonchev–Trinajstić information content (AvgIpc) is 3.01. The van der Waals surface area contributed by atoms with Crippen LogP contribution in [0.4, 0.5) is 5.69 Å². The number of ether oxygens (including phenoxy) is 1. The number of aromatic nitrogens is 1. The quantitative estimate of drug-likeness (QED) is 0.617. The van der Waals surface area contributed by atoms with Gasteiger partial charge in [-0.1, -0.05) is 0 Å². The van der Waals surface area contributed by atoms with Gasteiger partial charge in [0.1, 0.15) is 5.75 Å². The van der Waals surface area contributed by atoms with E-state index in [4.69, 9.17) is 9.15 Å². The second-order valence-electron chi connectivity index (χ2n) is 6.73. The molecule has 2 heterocycles. The van der Waals surface area contributed by atoms with Crippen LogP contribution in [0.1, 0.15) is 34.6 Å². The molecule has 0 atom stereocenters. The van der Waals surface area contributed by atoms with Crippen molar-refractivity contribution < 1.29 is 23.5 Å². The molecule has 1 aromatic heterocycles. The molecule has 1 aliphatic heterocycles. The van der Waals surface area contributed by atoms with Gasteiger partial charge in [-0.05, 0) is 50.2 Å². The summed E-state index contributed by atoms with van der Waals surface area (Å²) < 4.78 is 11.8. The molecular weight excluding hydrogens is 376 g/mol. The van der Waals surface area contributed by atoms with Gasteiger partial charge in [0.2, 0.25) is 0 Å². The summed E-state index contributed by atoms with van der Waals surface area (Å²) in [6.45, 7) is 3.45. The Morgan fingerprint density at radius 3 is 2.55 bits per heavy atom. The Balaban J connectivity index is 1.68. The molecule has 0 saturated carbocycles. The van der Waals surface area contributed by atoms with Crippen molar-refractivity contribution in [3.8, 4) is 5.75 Å². The number of benzene rings is 2. The molecule has 0 aliphatic carbocycles. The molecule has 0 radical (unpaired) electrons. The van der Waals surface area contributed by atoms with Crippen molar-refractivity contribution in [3.63, 3.8) is 0 Å². The van der Waals surface area contributed by atoms with Gasteiger partial charge in [-0.25, -0.2) is 4.79 Å². The number of hydrogen-bond donors (Lipinski definition) is 0. The number of amides is 1. The smallest absolute Gasteiger partial charge is 0.420 e. The minimum atomic E-state index is -0.680. The minimum Gasteiger partial charge on any atom is -0.482 e. The average molecular weight is 394 g/mol. The monoisotopic (exact) mass is 394 g/mol. The van der Waals surface area contributed by atoms with Crippen LogP contribution in [0.3, 0.4) is 0 Å². The van der Waals surface area contributed by atoms with Crippen molar-refractivity contribution in [1.29, 1.82) is 0 Å². The predicted molar refractivity (Wildman–Crippen MR) is 105 cm³/mol. The van der Waals surface area contributed by atoms with Crippen molar-refractivity contribution >= 4 is 34.3 Å². The molecule has 0 spiro atoms. The first-order valence-corrected chi connectivity index (χ1v) is 9.13. The highest BCUT2D eigenvalue weighted by molar-refractivity contribution is 6.02. The number of anilines is 1. The van der Waals surface area contributed by atoms with Gasteiger partial charge in [-0.3, -0.25) is 19.0 Å².